The van der Waals surface area contributed by atoms with Gasteiger partial charge in [0.2, 0.25) is 0 Å². The van der Waals surface area contributed by atoms with Crippen LogP contribution in [0.2, 0.25) is 0 Å². The van der Waals surface area contributed by atoms with Gasteiger partial charge in [0, 0.05) is 18.4 Å². The third kappa shape index (κ3) is 5.23. The number of aliphatic hydroxyl groups excluding tert-OH is 1. The second-order valence-corrected chi connectivity index (χ2v) is 4.62. The first-order chi connectivity index (χ1) is 8.79. The van der Waals surface area contributed by atoms with Crippen LogP contribution in [-0.2, 0) is 5.88 Å². The lowest BCUT2D eigenvalue weighted by atomic mass is 10.1. The SMILES string of the molecule is Cc1c(OCCCCCCCO)ccnc1CCl. The Morgan fingerprint density at radius 3 is 2.67 bits per heavy atom. The third-order valence-electron chi connectivity index (χ3n) is 2.95. The second-order valence-electron chi connectivity index (χ2n) is 4.35. The van der Waals surface area contributed by atoms with Gasteiger partial charge in [-0.15, -0.1) is 11.6 Å². The van der Waals surface area contributed by atoms with E-state index in [0.29, 0.717) is 12.5 Å². The summed E-state index contributed by atoms with van der Waals surface area (Å²) in [6, 6.07) is 1.89. The molecule has 1 N–H and O–H groups in total. The molecular weight excluding hydrogens is 250 g/mol. The molecule has 1 aromatic rings. The van der Waals surface area contributed by atoms with Crippen molar-refractivity contribution < 1.29 is 9.84 Å². The fourth-order valence-electron chi connectivity index (χ4n) is 1.78. The highest BCUT2D eigenvalue weighted by atomic mass is 35.5. The first-order valence-corrected chi connectivity index (χ1v) is 7.07. The molecule has 4 heteroatoms. The largest absolute Gasteiger partial charge is 0.493 e. The molecule has 0 spiro atoms. The quantitative estimate of drug-likeness (QED) is 0.553. The van der Waals surface area contributed by atoms with Crippen LogP contribution in [0, 0.1) is 6.92 Å². The van der Waals surface area contributed by atoms with Gasteiger partial charge in [-0.05, 0) is 25.8 Å². The van der Waals surface area contributed by atoms with Gasteiger partial charge < -0.3 is 9.84 Å². The van der Waals surface area contributed by atoms with Crippen molar-refractivity contribution in [2.45, 2.75) is 44.9 Å². The van der Waals surface area contributed by atoms with E-state index in [9.17, 15) is 0 Å². The summed E-state index contributed by atoms with van der Waals surface area (Å²) in [7, 11) is 0. The number of rotatable bonds is 9. The molecule has 3 nitrogen and oxygen atoms in total. The Balaban J connectivity index is 2.23. The fraction of sp³-hybridized carbons (Fsp3) is 0.643. The molecule has 0 saturated carbocycles. The minimum Gasteiger partial charge on any atom is -0.493 e. The maximum Gasteiger partial charge on any atom is 0.125 e. The van der Waals surface area contributed by atoms with Gasteiger partial charge in [-0.3, -0.25) is 4.98 Å². The number of aliphatic hydroxyl groups is 1. The van der Waals surface area contributed by atoms with Crippen molar-refractivity contribution in [3.63, 3.8) is 0 Å². The Hall–Kier alpha value is -0.800. The summed E-state index contributed by atoms with van der Waals surface area (Å²) in [4.78, 5) is 4.20. The third-order valence-corrected chi connectivity index (χ3v) is 3.20. The molecule has 0 atom stereocenters. The van der Waals surface area contributed by atoms with Crippen LogP contribution in [0.1, 0.15) is 43.4 Å². The highest BCUT2D eigenvalue weighted by molar-refractivity contribution is 6.17. The van der Waals surface area contributed by atoms with Crippen molar-refractivity contribution in [3.05, 3.63) is 23.5 Å². The molecule has 18 heavy (non-hydrogen) atoms. The molecule has 0 fully saturated rings. The maximum absolute atomic E-state index is 8.66. The van der Waals surface area contributed by atoms with Gasteiger partial charge in [-0.25, -0.2) is 0 Å². The van der Waals surface area contributed by atoms with Gasteiger partial charge >= 0.3 is 0 Å². The molecule has 0 aliphatic carbocycles. The number of unbranched alkanes of at least 4 members (excludes halogenated alkanes) is 4. The molecule has 0 aliphatic heterocycles. The molecule has 0 amide bonds. The molecule has 0 bridgehead atoms. The molecular formula is C14H22ClNO2. The van der Waals surface area contributed by atoms with Crippen LogP contribution >= 0.6 is 11.6 Å². The molecule has 0 saturated heterocycles. The normalized spacial score (nSPS) is 10.6. The predicted molar refractivity (Wildman–Crippen MR) is 74.2 cm³/mol. The summed E-state index contributed by atoms with van der Waals surface area (Å²) in [6.07, 6.45) is 7.09. The van der Waals surface area contributed by atoms with Gasteiger partial charge in [0.05, 0.1) is 18.2 Å². The van der Waals surface area contributed by atoms with Gasteiger partial charge in [0.1, 0.15) is 5.75 Å². The van der Waals surface area contributed by atoms with E-state index in [2.05, 4.69) is 4.98 Å². The van der Waals surface area contributed by atoms with E-state index in [0.717, 1.165) is 55.7 Å². The van der Waals surface area contributed by atoms with Crippen LogP contribution in [0.15, 0.2) is 12.3 Å². The maximum atomic E-state index is 8.66. The Morgan fingerprint density at radius 2 is 1.94 bits per heavy atom. The first kappa shape index (κ1) is 15.3. The molecule has 0 aromatic carbocycles. The van der Waals surface area contributed by atoms with Crippen LogP contribution in [0.5, 0.6) is 5.75 Å². The summed E-state index contributed by atoms with van der Waals surface area (Å²) in [5.74, 6) is 1.31. The summed E-state index contributed by atoms with van der Waals surface area (Å²) < 4.78 is 5.74. The summed E-state index contributed by atoms with van der Waals surface area (Å²) >= 11 is 5.80. The molecule has 0 unspecified atom stereocenters. The van der Waals surface area contributed by atoms with Crippen molar-refractivity contribution in [1.29, 1.82) is 0 Å². The number of halogens is 1. The van der Waals surface area contributed by atoms with E-state index in [-0.39, 0.29) is 0 Å². The Kier molecular flexibility index (Phi) is 7.78. The van der Waals surface area contributed by atoms with E-state index in [1.165, 1.54) is 0 Å². The molecule has 1 heterocycles. The number of aromatic nitrogens is 1. The highest BCUT2D eigenvalue weighted by Crippen LogP contribution is 2.20. The lowest BCUT2D eigenvalue weighted by molar-refractivity contribution is 0.278. The van der Waals surface area contributed by atoms with Gasteiger partial charge in [0.15, 0.2) is 0 Å². The van der Waals surface area contributed by atoms with Crippen LogP contribution in [-0.4, -0.2) is 23.3 Å². The molecule has 0 aliphatic rings. The average molecular weight is 272 g/mol. The summed E-state index contributed by atoms with van der Waals surface area (Å²) in [6.45, 7) is 3.01. The van der Waals surface area contributed by atoms with Gasteiger partial charge in [-0.2, -0.15) is 0 Å². The number of hydrogen-bond acceptors (Lipinski definition) is 3. The second kappa shape index (κ2) is 9.17. The first-order valence-electron chi connectivity index (χ1n) is 6.53. The zero-order valence-electron chi connectivity index (χ0n) is 11.0. The zero-order valence-corrected chi connectivity index (χ0v) is 11.7. The number of pyridine rings is 1. The summed E-state index contributed by atoms with van der Waals surface area (Å²) in [5.41, 5.74) is 1.92. The lowest BCUT2D eigenvalue weighted by Crippen LogP contribution is -2.01. The average Bonchev–Trinajstić information content (AvgIpc) is 2.39. The molecule has 1 aromatic heterocycles. The Bertz CT molecular complexity index is 345. The minimum absolute atomic E-state index is 0.300. The van der Waals surface area contributed by atoms with Crippen molar-refractivity contribution in [3.8, 4) is 5.75 Å². The number of nitrogens with zero attached hydrogens (tertiary/aromatic N) is 1. The summed E-state index contributed by atoms with van der Waals surface area (Å²) in [5, 5.41) is 8.66. The smallest absolute Gasteiger partial charge is 0.125 e. The number of ether oxygens (including phenoxy) is 1. The van der Waals surface area contributed by atoms with Gasteiger partial charge in [0.25, 0.3) is 0 Å². The molecule has 1 rings (SSSR count). The topological polar surface area (TPSA) is 42.4 Å². The standard InChI is InChI=1S/C14H22ClNO2/c1-12-13(11-15)16-8-7-14(12)18-10-6-4-2-3-5-9-17/h7-8,17H,2-6,9-11H2,1H3. The lowest BCUT2D eigenvalue weighted by Gasteiger charge is -2.10. The van der Waals surface area contributed by atoms with Crippen LogP contribution in [0.4, 0.5) is 0 Å². The Labute approximate surface area is 114 Å². The van der Waals surface area contributed by atoms with Crippen LogP contribution < -0.4 is 4.74 Å². The van der Waals surface area contributed by atoms with Crippen LogP contribution in [0.3, 0.4) is 0 Å². The molecule has 0 radical (unpaired) electrons. The molecule has 102 valence electrons. The van der Waals surface area contributed by atoms with E-state index < -0.39 is 0 Å². The zero-order chi connectivity index (χ0) is 13.2. The monoisotopic (exact) mass is 271 g/mol. The van der Waals surface area contributed by atoms with E-state index in [1.54, 1.807) is 6.20 Å². The van der Waals surface area contributed by atoms with E-state index in [1.807, 2.05) is 13.0 Å². The van der Waals surface area contributed by atoms with Gasteiger partial charge in [-0.1, -0.05) is 19.3 Å². The van der Waals surface area contributed by atoms with Crippen molar-refractivity contribution >= 4 is 11.6 Å². The number of alkyl halides is 1. The van der Waals surface area contributed by atoms with Crippen molar-refractivity contribution in [2.75, 3.05) is 13.2 Å². The minimum atomic E-state index is 0.300. The Morgan fingerprint density at radius 1 is 1.22 bits per heavy atom. The van der Waals surface area contributed by atoms with Crippen molar-refractivity contribution in [2.24, 2.45) is 0 Å². The van der Waals surface area contributed by atoms with E-state index >= 15 is 0 Å². The fourth-order valence-corrected chi connectivity index (χ4v) is 2.05. The number of hydrogen-bond donors (Lipinski definition) is 1. The van der Waals surface area contributed by atoms with E-state index in [4.69, 9.17) is 21.4 Å². The highest BCUT2D eigenvalue weighted by Gasteiger charge is 2.04. The van der Waals surface area contributed by atoms with Crippen LogP contribution in [0.25, 0.3) is 0 Å². The predicted octanol–water partition coefficient (Wildman–Crippen LogP) is 3.45. The van der Waals surface area contributed by atoms with Crippen molar-refractivity contribution in [1.82, 2.24) is 4.98 Å².